The third-order valence-corrected chi connectivity index (χ3v) is 6.77. The summed E-state index contributed by atoms with van der Waals surface area (Å²) < 4.78 is 18.9. The molecule has 0 radical (unpaired) electrons. The van der Waals surface area contributed by atoms with E-state index in [0.29, 0.717) is 12.2 Å². The SMILES string of the molecule is COc1ccc(CN2CCC(NC(=O)c3csc(-c4ccc(C)cc4C)n3)CC2)cc1F. The number of carbonyl (C=O) groups is 1. The maximum Gasteiger partial charge on any atom is 0.270 e. The number of methoxy groups -OCH3 is 1. The van der Waals surface area contributed by atoms with Crippen LogP contribution in [0.5, 0.6) is 5.75 Å². The van der Waals surface area contributed by atoms with E-state index in [0.717, 1.165) is 47.6 Å². The normalized spacial score (nSPS) is 15.0. The number of nitrogens with zero attached hydrogens (tertiary/aromatic N) is 2. The summed E-state index contributed by atoms with van der Waals surface area (Å²) in [4.78, 5) is 19.6. The first-order valence-corrected chi connectivity index (χ1v) is 11.7. The topological polar surface area (TPSA) is 54.5 Å². The summed E-state index contributed by atoms with van der Waals surface area (Å²) >= 11 is 1.50. The van der Waals surface area contributed by atoms with Crippen molar-refractivity contribution in [3.05, 3.63) is 70.0 Å². The molecule has 0 bridgehead atoms. The molecular formula is C25H28FN3O2S. The van der Waals surface area contributed by atoms with Gasteiger partial charge in [0.15, 0.2) is 11.6 Å². The standard InChI is InChI=1S/C25H28FN3O2S/c1-16-4-6-20(17(2)12-16)25-28-22(15-32-25)24(30)27-19-8-10-29(11-9-19)14-18-5-7-23(31-3)21(26)13-18/h4-7,12-13,15,19H,8-11,14H2,1-3H3,(H,27,30). The van der Waals surface area contributed by atoms with Gasteiger partial charge in [-0.05, 0) is 49.9 Å². The zero-order valence-electron chi connectivity index (χ0n) is 18.7. The van der Waals surface area contributed by atoms with E-state index in [2.05, 4.69) is 47.2 Å². The van der Waals surface area contributed by atoms with Crippen LogP contribution in [-0.4, -0.2) is 42.0 Å². The van der Waals surface area contributed by atoms with Crippen molar-refractivity contribution in [2.75, 3.05) is 20.2 Å². The van der Waals surface area contributed by atoms with Crippen molar-refractivity contribution in [3.8, 4) is 16.3 Å². The lowest BCUT2D eigenvalue weighted by Crippen LogP contribution is -2.44. The molecule has 1 amide bonds. The smallest absolute Gasteiger partial charge is 0.270 e. The average Bonchev–Trinajstić information content (AvgIpc) is 3.25. The summed E-state index contributed by atoms with van der Waals surface area (Å²) in [6.45, 7) is 6.52. The van der Waals surface area contributed by atoms with Gasteiger partial charge in [0.25, 0.3) is 5.91 Å². The molecule has 7 heteroatoms. The number of benzene rings is 2. The number of aryl methyl sites for hydroxylation is 2. The van der Waals surface area contributed by atoms with Crippen LogP contribution < -0.4 is 10.1 Å². The number of thiazole rings is 1. The van der Waals surface area contributed by atoms with Crippen LogP contribution in [0.15, 0.2) is 41.8 Å². The molecule has 4 rings (SSSR count). The van der Waals surface area contributed by atoms with Gasteiger partial charge in [0, 0.05) is 36.6 Å². The molecule has 0 saturated carbocycles. The molecule has 0 unspecified atom stereocenters. The van der Waals surface area contributed by atoms with Crippen molar-refractivity contribution < 1.29 is 13.9 Å². The van der Waals surface area contributed by atoms with Crippen LogP contribution in [-0.2, 0) is 6.54 Å². The summed E-state index contributed by atoms with van der Waals surface area (Å²) in [5, 5.41) is 5.83. The van der Waals surface area contributed by atoms with Gasteiger partial charge in [-0.25, -0.2) is 9.37 Å². The van der Waals surface area contributed by atoms with Gasteiger partial charge in [-0.15, -0.1) is 11.3 Å². The van der Waals surface area contributed by atoms with Crippen LogP contribution in [0.3, 0.4) is 0 Å². The first-order chi connectivity index (χ1) is 15.4. The zero-order chi connectivity index (χ0) is 22.7. The molecule has 1 fully saturated rings. The summed E-state index contributed by atoms with van der Waals surface area (Å²) in [7, 11) is 1.47. The Morgan fingerprint density at radius 1 is 1.22 bits per heavy atom. The molecule has 32 heavy (non-hydrogen) atoms. The number of hydrogen-bond acceptors (Lipinski definition) is 5. The Morgan fingerprint density at radius 3 is 2.69 bits per heavy atom. The van der Waals surface area contributed by atoms with E-state index < -0.39 is 0 Å². The Labute approximate surface area is 192 Å². The van der Waals surface area contributed by atoms with Crippen LogP contribution in [0.25, 0.3) is 10.6 Å². The Hall–Kier alpha value is -2.77. The number of aromatic nitrogens is 1. The second-order valence-corrected chi connectivity index (χ2v) is 9.21. The summed E-state index contributed by atoms with van der Waals surface area (Å²) in [6, 6.07) is 11.5. The Bertz CT molecular complexity index is 1110. The van der Waals surface area contributed by atoms with Gasteiger partial charge < -0.3 is 10.1 Å². The molecule has 1 aliphatic rings. The van der Waals surface area contributed by atoms with E-state index in [9.17, 15) is 9.18 Å². The maximum absolute atomic E-state index is 13.9. The second-order valence-electron chi connectivity index (χ2n) is 8.35. The summed E-state index contributed by atoms with van der Waals surface area (Å²) in [5.74, 6) is -0.193. The predicted octanol–water partition coefficient (Wildman–Crippen LogP) is 4.97. The van der Waals surface area contributed by atoms with Crippen LogP contribution in [0.1, 0.15) is 40.0 Å². The Kier molecular flexibility index (Phi) is 6.86. The lowest BCUT2D eigenvalue weighted by molar-refractivity contribution is 0.0904. The number of rotatable bonds is 6. The van der Waals surface area contributed by atoms with Crippen molar-refractivity contribution >= 4 is 17.2 Å². The predicted molar refractivity (Wildman–Crippen MR) is 126 cm³/mol. The van der Waals surface area contributed by atoms with Gasteiger partial charge in [0.05, 0.1) is 7.11 Å². The van der Waals surface area contributed by atoms with E-state index >= 15 is 0 Å². The number of piperidine rings is 1. The minimum Gasteiger partial charge on any atom is -0.494 e. The number of likely N-dealkylation sites (tertiary alicyclic amines) is 1. The number of halogens is 1. The molecule has 1 aromatic heterocycles. The molecule has 2 heterocycles. The van der Waals surface area contributed by atoms with Crippen LogP contribution in [0, 0.1) is 19.7 Å². The first kappa shape index (κ1) is 22.4. The van der Waals surface area contributed by atoms with Gasteiger partial charge in [-0.3, -0.25) is 9.69 Å². The minimum absolute atomic E-state index is 0.118. The molecule has 5 nitrogen and oxygen atoms in total. The highest BCUT2D eigenvalue weighted by Crippen LogP contribution is 2.27. The van der Waals surface area contributed by atoms with Gasteiger partial charge in [0.2, 0.25) is 0 Å². The lowest BCUT2D eigenvalue weighted by Gasteiger charge is -2.32. The monoisotopic (exact) mass is 453 g/mol. The molecule has 3 aromatic rings. The fraction of sp³-hybridized carbons (Fsp3) is 0.360. The lowest BCUT2D eigenvalue weighted by atomic mass is 10.0. The average molecular weight is 454 g/mol. The highest BCUT2D eigenvalue weighted by molar-refractivity contribution is 7.13. The molecule has 1 aliphatic heterocycles. The maximum atomic E-state index is 13.9. The molecule has 1 saturated heterocycles. The number of carbonyl (C=O) groups excluding carboxylic acids is 1. The summed E-state index contributed by atoms with van der Waals surface area (Å²) in [6.07, 6.45) is 1.72. The van der Waals surface area contributed by atoms with E-state index in [1.165, 1.54) is 30.1 Å². The molecular weight excluding hydrogens is 425 g/mol. The first-order valence-electron chi connectivity index (χ1n) is 10.8. The number of amides is 1. The summed E-state index contributed by atoms with van der Waals surface area (Å²) in [5.41, 5.74) is 4.84. The van der Waals surface area contributed by atoms with Crippen molar-refractivity contribution in [3.63, 3.8) is 0 Å². The van der Waals surface area contributed by atoms with Gasteiger partial charge >= 0.3 is 0 Å². The quantitative estimate of drug-likeness (QED) is 0.573. The number of ether oxygens (including phenoxy) is 1. The zero-order valence-corrected chi connectivity index (χ0v) is 19.5. The Balaban J connectivity index is 1.30. The minimum atomic E-state index is -0.337. The van der Waals surface area contributed by atoms with Crippen LogP contribution >= 0.6 is 11.3 Å². The van der Waals surface area contributed by atoms with Gasteiger partial charge in [0.1, 0.15) is 10.7 Å². The van der Waals surface area contributed by atoms with E-state index in [-0.39, 0.29) is 23.5 Å². The highest BCUT2D eigenvalue weighted by Gasteiger charge is 2.23. The number of nitrogens with one attached hydrogen (secondary N) is 1. The third kappa shape index (κ3) is 5.16. The van der Waals surface area contributed by atoms with Crippen molar-refractivity contribution in [2.45, 2.75) is 39.3 Å². The van der Waals surface area contributed by atoms with Gasteiger partial charge in [-0.1, -0.05) is 29.8 Å². The fourth-order valence-corrected chi connectivity index (χ4v) is 5.01. The molecule has 0 aliphatic carbocycles. The van der Waals surface area contributed by atoms with E-state index in [4.69, 9.17) is 4.74 Å². The molecule has 1 N–H and O–H groups in total. The van der Waals surface area contributed by atoms with Crippen molar-refractivity contribution in [2.24, 2.45) is 0 Å². The van der Waals surface area contributed by atoms with E-state index in [1.54, 1.807) is 6.07 Å². The largest absolute Gasteiger partial charge is 0.494 e. The van der Waals surface area contributed by atoms with Crippen molar-refractivity contribution in [1.29, 1.82) is 0 Å². The Morgan fingerprint density at radius 2 is 2.00 bits per heavy atom. The number of hydrogen-bond donors (Lipinski definition) is 1. The van der Waals surface area contributed by atoms with Crippen LogP contribution in [0.4, 0.5) is 4.39 Å². The van der Waals surface area contributed by atoms with E-state index in [1.807, 2.05) is 11.4 Å². The molecule has 168 valence electrons. The second kappa shape index (κ2) is 9.79. The molecule has 0 atom stereocenters. The molecule has 2 aromatic carbocycles. The third-order valence-electron chi connectivity index (χ3n) is 5.89. The van der Waals surface area contributed by atoms with Crippen LogP contribution in [0.2, 0.25) is 0 Å². The van der Waals surface area contributed by atoms with Gasteiger partial charge in [-0.2, -0.15) is 0 Å². The fourth-order valence-electron chi connectivity index (χ4n) is 4.12. The molecule has 0 spiro atoms. The highest BCUT2D eigenvalue weighted by atomic mass is 32.1. The van der Waals surface area contributed by atoms with Crippen molar-refractivity contribution in [1.82, 2.24) is 15.2 Å².